The number of pyridine rings is 1. The second-order valence-electron chi connectivity index (χ2n) is 8.67. The summed E-state index contributed by atoms with van der Waals surface area (Å²) in [5.74, 6) is 0.184. The zero-order valence-electron chi connectivity index (χ0n) is 17.7. The maximum absolute atomic E-state index is 13.1. The van der Waals surface area contributed by atoms with E-state index in [9.17, 15) is 14.4 Å². The summed E-state index contributed by atoms with van der Waals surface area (Å²) in [4.78, 5) is 40.4. The van der Waals surface area contributed by atoms with Crippen LogP contribution in [0.25, 0.3) is 0 Å². The molecular formula is C26H25N3O3. The van der Waals surface area contributed by atoms with Gasteiger partial charge < -0.3 is 14.8 Å². The molecule has 2 atom stereocenters. The van der Waals surface area contributed by atoms with Crippen molar-refractivity contribution in [2.24, 2.45) is 5.92 Å². The van der Waals surface area contributed by atoms with Crippen LogP contribution in [0.3, 0.4) is 0 Å². The summed E-state index contributed by atoms with van der Waals surface area (Å²) >= 11 is 0. The van der Waals surface area contributed by atoms with E-state index in [2.05, 4.69) is 5.32 Å². The number of anilines is 1. The predicted octanol–water partition coefficient (Wildman–Crippen LogP) is 3.29. The van der Waals surface area contributed by atoms with Gasteiger partial charge in [0.15, 0.2) is 0 Å². The average molecular weight is 428 g/mol. The van der Waals surface area contributed by atoms with Crippen molar-refractivity contribution in [1.29, 1.82) is 0 Å². The van der Waals surface area contributed by atoms with Crippen LogP contribution in [0, 0.1) is 5.92 Å². The number of benzene rings is 2. The number of fused-ring (bicyclic) bond motifs is 4. The summed E-state index contributed by atoms with van der Waals surface area (Å²) in [5, 5.41) is 2.79. The van der Waals surface area contributed by atoms with Crippen molar-refractivity contribution in [2.45, 2.75) is 25.3 Å². The van der Waals surface area contributed by atoms with Crippen molar-refractivity contribution in [3.63, 3.8) is 0 Å². The van der Waals surface area contributed by atoms with Crippen LogP contribution in [-0.4, -0.2) is 34.4 Å². The fraction of sp³-hybridized carbons (Fsp3) is 0.269. The number of nitrogens with zero attached hydrogens (tertiary/aromatic N) is 2. The monoisotopic (exact) mass is 427 g/mol. The first-order valence-electron chi connectivity index (χ1n) is 11.0. The normalized spacial score (nSPS) is 19.2. The smallest absolute Gasteiger partial charge is 0.274 e. The minimum atomic E-state index is -0.204. The molecule has 2 aliphatic rings. The Morgan fingerprint density at radius 1 is 0.875 bits per heavy atom. The SMILES string of the molecule is O=C(Cc1ccccc1)Nc1ccc2n(c1=O)C[C@H]1C[C@@H]2CN(C(=O)c2ccccc2)C1. The Balaban J connectivity index is 1.34. The van der Waals surface area contributed by atoms with Crippen LogP contribution in [0.1, 0.15) is 34.0 Å². The van der Waals surface area contributed by atoms with Crippen molar-refractivity contribution in [3.8, 4) is 0 Å². The number of amides is 2. The van der Waals surface area contributed by atoms with Crippen molar-refractivity contribution in [1.82, 2.24) is 9.47 Å². The van der Waals surface area contributed by atoms with Crippen LogP contribution in [0.4, 0.5) is 5.69 Å². The molecule has 0 unspecified atom stereocenters. The summed E-state index contributed by atoms with van der Waals surface area (Å²) in [6.45, 7) is 1.80. The summed E-state index contributed by atoms with van der Waals surface area (Å²) in [7, 11) is 0. The fourth-order valence-electron chi connectivity index (χ4n) is 4.95. The van der Waals surface area contributed by atoms with Gasteiger partial charge in [-0.15, -0.1) is 0 Å². The first-order valence-corrected chi connectivity index (χ1v) is 11.0. The molecule has 1 fully saturated rings. The van der Waals surface area contributed by atoms with E-state index in [0.29, 0.717) is 30.9 Å². The van der Waals surface area contributed by atoms with Gasteiger partial charge in [0, 0.05) is 36.8 Å². The van der Waals surface area contributed by atoms with Crippen LogP contribution in [0.2, 0.25) is 0 Å². The van der Waals surface area contributed by atoms with Crippen molar-refractivity contribution in [3.05, 3.63) is 100.0 Å². The van der Waals surface area contributed by atoms with Crippen LogP contribution in [0.5, 0.6) is 0 Å². The van der Waals surface area contributed by atoms with Gasteiger partial charge in [0.05, 0.1) is 6.42 Å². The van der Waals surface area contributed by atoms with E-state index in [4.69, 9.17) is 0 Å². The van der Waals surface area contributed by atoms with E-state index in [1.165, 1.54) is 0 Å². The molecule has 2 aromatic carbocycles. The molecule has 6 heteroatoms. The molecule has 1 saturated heterocycles. The Labute approximate surface area is 186 Å². The molecule has 32 heavy (non-hydrogen) atoms. The zero-order valence-corrected chi connectivity index (χ0v) is 17.7. The van der Waals surface area contributed by atoms with E-state index >= 15 is 0 Å². The van der Waals surface area contributed by atoms with Gasteiger partial charge >= 0.3 is 0 Å². The standard InChI is InChI=1S/C26H25N3O3/c30-24(14-18-7-3-1-4-8-18)27-22-11-12-23-21-13-19(16-29(23)26(22)32)15-28(17-21)25(31)20-9-5-2-6-10-20/h1-12,19,21H,13-17H2,(H,27,30)/t19-,21+/m0/s1. The minimum Gasteiger partial charge on any atom is -0.338 e. The third-order valence-corrected chi connectivity index (χ3v) is 6.39. The van der Waals surface area contributed by atoms with Crippen LogP contribution < -0.4 is 10.9 Å². The molecule has 2 bridgehead atoms. The molecule has 3 heterocycles. The molecule has 0 spiro atoms. The van der Waals surface area contributed by atoms with Crippen LogP contribution >= 0.6 is 0 Å². The molecule has 2 aliphatic heterocycles. The van der Waals surface area contributed by atoms with E-state index < -0.39 is 0 Å². The van der Waals surface area contributed by atoms with Gasteiger partial charge in [0.2, 0.25) is 5.91 Å². The van der Waals surface area contributed by atoms with E-state index in [1.807, 2.05) is 71.6 Å². The summed E-state index contributed by atoms with van der Waals surface area (Å²) in [5.41, 5.74) is 2.69. The first kappa shape index (κ1) is 20.2. The van der Waals surface area contributed by atoms with Gasteiger partial charge in [-0.2, -0.15) is 0 Å². The van der Waals surface area contributed by atoms with Crippen molar-refractivity contribution in [2.75, 3.05) is 18.4 Å². The maximum atomic E-state index is 13.1. The molecule has 0 radical (unpaired) electrons. The lowest BCUT2D eigenvalue weighted by Gasteiger charge is -2.43. The van der Waals surface area contributed by atoms with Crippen LogP contribution in [-0.2, 0) is 17.8 Å². The Morgan fingerprint density at radius 3 is 2.34 bits per heavy atom. The molecule has 1 aromatic heterocycles. The van der Waals surface area contributed by atoms with E-state index in [1.54, 1.807) is 10.6 Å². The van der Waals surface area contributed by atoms with Crippen molar-refractivity contribution >= 4 is 17.5 Å². The Hall–Kier alpha value is -3.67. The lowest BCUT2D eigenvalue weighted by Crippen LogP contribution is -2.49. The first-order chi connectivity index (χ1) is 15.6. The van der Waals surface area contributed by atoms with E-state index in [0.717, 1.165) is 17.7 Å². The Kier molecular flexibility index (Phi) is 5.35. The molecule has 3 aromatic rings. The number of carbonyl (C=O) groups is 2. The maximum Gasteiger partial charge on any atom is 0.274 e. The lowest BCUT2D eigenvalue weighted by atomic mass is 9.83. The topological polar surface area (TPSA) is 71.4 Å². The second-order valence-corrected chi connectivity index (χ2v) is 8.67. The summed E-state index contributed by atoms with van der Waals surface area (Å²) in [6.07, 6.45) is 1.20. The quantitative estimate of drug-likeness (QED) is 0.695. The zero-order chi connectivity index (χ0) is 22.1. The molecule has 1 N–H and O–H groups in total. The van der Waals surface area contributed by atoms with Gasteiger partial charge in [0.25, 0.3) is 11.5 Å². The van der Waals surface area contributed by atoms with Gasteiger partial charge in [-0.25, -0.2) is 0 Å². The number of nitrogens with one attached hydrogen (secondary N) is 1. The fourth-order valence-corrected chi connectivity index (χ4v) is 4.95. The molecule has 6 nitrogen and oxygen atoms in total. The number of hydrogen-bond donors (Lipinski definition) is 1. The average Bonchev–Trinajstić information content (AvgIpc) is 2.82. The highest BCUT2D eigenvalue weighted by atomic mass is 16.2. The Morgan fingerprint density at radius 2 is 1.59 bits per heavy atom. The summed E-state index contributed by atoms with van der Waals surface area (Å²) in [6, 6.07) is 22.4. The van der Waals surface area contributed by atoms with Gasteiger partial charge in [-0.1, -0.05) is 48.5 Å². The molecule has 0 saturated carbocycles. The second kappa shape index (κ2) is 8.46. The third kappa shape index (κ3) is 3.96. The van der Waals surface area contributed by atoms with E-state index in [-0.39, 0.29) is 35.6 Å². The van der Waals surface area contributed by atoms with Gasteiger partial charge in [-0.3, -0.25) is 14.4 Å². The lowest BCUT2D eigenvalue weighted by molar-refractivity contribution is -0.115. The number of piperidine rings is 1. The molecular weight excluding hydrogens is 402 g/mol. The highest BCUT2D eigenvalue weighted by molar-refractivity contribution is 5.94. The Bertz CT molecular complexity index is 1200. The number of hydrogen-bond acceptors (Lipinski definition) is 3. The predicted molar refractivity (Wildman–Crippen MR) is 123 cm³/mol. The minimum absolute atomic E-state index is 0.0425. The number of aromatic nitrogens is 1. The van der Waals surface area contributed by atoms with Gasteiger partial charge in [0.1, 0.15) is 5.69 Å². The highest BCUT2D eigenvalue weighted by Crippen LogP contribution is 2.36. The number of carbonyl (C=O) groups excluding carboxylic acids is 2. The molecule has 5 rings (SSSR count). The number of likely N-dealkylation sites (tertiary alicyclic amines) is 1. The number of rotatable bonds is 4. The highest BCUT2D eigenvalue weighted by Gasteiger charge is 2.37. The van der Waals surface area contributed by atoms with Gasteiger partial charge in [-0.05, 0) is 42.2 Å². The van der Waals surface area contributed by atoms with Crippen LogP contribution in [0.15, 0.2) is 77.6 Å². The molecule has 0 aliphatic carbocycles. The third-order valence-electron chi connectivity index (χ3n) is 6.39. The van der Waals surface area contributed by atoms with Crippen molar-refractivity contribution < 1.29 is 9.59 Å². The molecule has 162 valence electrons. The summed E-state index contributed by atoms with van der Waals surface area (Å²) < 4.78 is 1.79. The molecule has 2 amide bonds. The largest absolute Gasteiger partial charge is 0.338 e.